The Morgan fingerprint density at radius 2 is 1.76 bits per heavy atom. The monoisotopic (exact) mass is 290 g/mol. The maximum atomic E-state index is 12.9. The van der Waals surface area contributed by atoms with Crippen LogP contribution in [-0.2, 0) is 4.74 Å². The predicted molar refractivity (Wildman–Crippen MR) is 85.9 cm³/mol. The van der Waals surface area contributed by atoms with Gasteiger partial charge in [-0.15, -0.1) is 0 Å². The molecule has 1 aromatic carbocycles. The first-order valence-electron chi connectivity index (χ1n) is 7.41. The van der Waals surface area contributed by atoms with Gasteiger partial charge in [0.15, 0.2) is 0 Å². The average molecular weight is 290 g/mol. The fraction of sp³-hybridized carbons (Fsp3) is 0.588. The van der Waals surface area contributed by atoms with E-state index in [1.54, 1.807) is 0 Å². The second-order valence-corrected chi connectivity index (χ2v) is 7.08. The van der Waals surface area contributed by atoms with Gasteiger partial charge in [0.05, 0.1) is 16.8 Å². The van der Waals surface area contributed by atoms with Gasteiger partial charge in [-0.3, -0.25) is 4.79 Å². The summed E-state index contributed by atoms with van der Waals surface area (Å²) in [4.78, 5) is 14.8. The van der Waals surface area contributed by atoms with E-state index in [1.807, 2.05) is 64.8 Å². The first kappa shape index (κ1) is 15.8. The van der Waals surface area contributed by atoms with Crippen molar-refractivity contribution in [1.29, 1.82) is 0 Å². The van der Waals surface area contributed by atoms with Crippen molar-refractivity contribution in [2.24, 2.45) is 0 Å². The summed E-state index contributed by atoms with van der Waals surface area (Å²) >= 11 is 0. The molecule has 0 atom stereocenters. The van der Waals surface area contributed by atoms with Gasteiger partial charge in [0.1, 0.15) is 0 Å². The molecule has 1 N–H and O–H groups in total. The van der Waals surface area contributed by atoms with Gasteiger partial charge in [0.25, 0.3) is 5.91 Å². The number of anilines is 1. The second kappa shape index (κ2) is 5.34. The minimum absolute atomic E-state index is 0.0625. The Hall–Kier alpha value is -1.55. The highest BCUT2D eigenvalue weighted by Crippen LogP contribution is 2.30. The number of ether oxygens (including phenoxy) is 1. The Bertz CT molecular complexity index is 534. The normalized spacial score (nSPS) is 20.2. The number of amides is 1. The van der Waals surface area contributed by atoms with Crippen LogP contribution in [0.2, 0.25) is 0 Å². The largest absolute Gasteiger partial charge is 0.387 e. The van der Waals surface area contributed by atoms with Gasteiger partial charge < -0.3 is 15.0 Å². The lowest BCUT2D eigenvalue weighted by Crippen LogP contribution is -2.58. The summed E-state index contributed by atoms with van der Waals surface area (Å²) in [5.74, 6) is 0.0625. The van der Waals surface area contributed by atoms with E-state index in [4.69, 9.17) is 4.74 Å². The van der Waals surface area contributed by atoms with Gasteiger partial charge in [-0.25, -0.2) is 0 Å². The molecule has 0 saturated carbocycles. The highest BCUT2D eigenvalue weighted by Gasteiger charge is 2.40. The van der Waals surface area contributed by atoms with Crippen LogP contribution in [0.5, 0.6) is 0 Å². The molecular weight excluding hydrogens is 264 g/mol. The summed E-state index contributed by atoms with van der Waals surface area (Å²) in [6.45, 7) is 11.3. The maximum Gasteiger partial charge on any atom is 0.256 e. The Kier molecular flexibility index (Phi) is 4.02. The minimum Gasteiger partial charge on any atom is -0.387 e. The smallest absolute Gasteiger partial charge is 0.256 e. The van der Waals surface area contributed by atoms with Crippen LogP contribution in [0.25, 0.3) is 0 Å². The number of hydrogen-bond donors (Lipinski definition) is 1. The van der Waals surface area contributed by atoms with E-state index in [0.29, 0.717) is 13.1 Å². The third-order valence-electron chi connectivity index (χ3n) is 3.66. The fourth-order valence-electron chi connectivity index (χ4n) is 3.15. The SMILES string of the molecule is CNc1ccc(C)cc1C(=O)N1CC(C)(C)OC(C)(C)C1. The molecule has 4 heteroatoms. The van der Waals surface area contributed by atoms with Crippen LogP contribution >= 0.6 is 0 Å². The second-order valence-electron chi connectivity index (χ2n) is 7.08. The number of hydrogen-bond acceptors (Lipinski definition) is 3. The van der Waals surface area contributed by atoms with Crippen molar-refractivity contribution in [1.82, 2.24) is 4.90 Å². The summed E-state index contributed by atoms with van der Waals surface area (Å²) < 4.78 is 6.05. The Balaban J connectivity index is 2.33. The van der Waals surface area contributed by atoms with E-state index in [-0.39, 0.29) is 17.1 Å². The van der Waals surface area contributed by atoms with Crippen molar-refractivity contribution in [3.63, 3.8) is 0 Å². The van der Waals surface area contributed by atoms with E-state index in [1.165, 1.54) is 0 Å². The van der Waals surface area contributed by atoms with Crippen molar-refractivity contribution in [3.05, 3.63) is 29.3 Å². The molecule has 1 amide bonds. The molecule has 0 unspecified atom stereocenters. The van der Waals surface area contributed by atoms with Crippen molar-refractivity contribution in [2.45, 2.75) is 45.8 Å². The molecule has 1 fully saturated rings. The van der Waals surface area contributed by atoms with E-state index in [9.17, 15) is 4.79 Å². The van der Waals surface area contributed by atoms with Crippen molar-refractivity contribution < 1.29 is 9.53 Å². The molecule has 1 saturated heterocycles. The molecule has 2 rings (SSSR count). The van der Waals surface area contributed by atoms with Crippen molar-refractivity contribution in [3.8, 4) is 0 Å². The van der Waals surface area contributed by atoms with Gasteiger partial charge in [0, 0.05) is 25.8 Å². The number of nitrogens with one attached hydrogen (secondary N) is 1. The average Bonchev–Trinajstić information content (AvgIpc) is 2.34. The van der Waals surface area contributed by atoms with Crippen LogP contribution in [-0.4, -0.2) is 42.1 Å². The van der Waals surface area contributed by atoms with Crippen LogP contribution in [0, 0.1) is 6.92 Å². The molecule has 116 valence electrons. The number of carbonyl (C=O) groups is 1. The molecule has 0 aliphatic carbocycles. The first-order chi connectivity index (χ1) is 9.63. The first-order valence-corrected chi connectivity index (χ1v) is 7.41. The third-order valence-corrected chi connectivity index (χ3v) is 3.66. The summed E-state index contributed by atoms with van der Waals surface area (Å²) in [6, 6.07) is 5.92. The lowest BCUT2D eigenvalue weighted by molar-refractivity contribution is -0.171. The molecular formula is C17H26N2O2. The summed E-state index contributed by atoms with van der Waals surface area (Å²) in [6.07, 6.45) is 0. The third kappa shape index (κ3) is 3.56. The van der Waals surface area contributed by atoms with Crippen LogP contribution < -0.4 is 5.32 Å². The molecule has 1 aromatic rings. The topological polar surface area (TPSA) is 41.6 Å². The zero-order chi connectivity index (χ0) is 15.8. The number of benzene rings is 1. The van der Waals surface area contributed by atoms with Crippen LogP contribution in [0.3, 0.4) is 0 Å². The Morgan fingerprint density at radius 1 is 1.19 bits per heavy atom. The number of morpholine rings is 1. The molecule has 4 nitrogen and oxygen atoms in total. The van der Waals surface area contributed by atoms with E-state index >= 15 is 0 Å². The fourth-order valence-corrected chi connectivity index (χ4v) is 3.15. The molecule has 0 spiro atoms. The highest BCUT2D eigenvalue weighted by atomic mass is 16.5. The molecule has 1 heterocycles. The van der Waals surface area contributed by atoms with E-state index in [0.717, 1.165) is 16.8 Å². The lowest BCUT2D eigenvalue weighted by atomic mass is 9.97. The van der Waals surface area contributed by atoms with Crippen LogP contribution in [0.15, 0.2) is 18.2 Å². The molecule has 1 aliphatic rings. The number of rotatable bonds is 2. The van der Waals surface area contributed by atoms with Gasteiger partial charge in [0.2, 0.25) is 0 Å². The van der Waals surface area contributed by atoms with Crippen molar-refractivity contribution in [2.75, 3.05) is 25.5 Å². The van der Waals surface area contributed by atoms with Gasteiger partial charge in [-0.1, -0.05) is 11.6 Å². The summed E-state index contributed by atoms with van der Waals surface area (Å²) in [7, 11) is 1.84. The summed E-state index contributed by atoms with van der Waals surface area (Å²) in [5.41, 5.74) is 2.02. The van der Waals surface area contributed by atoms with Gasteiger partial charge in [-0.05, 0) is 46.8 Å². The standard InChI is InChI=1S/C17H26N2O2/c1-12-7-8-14(18-6)13(9-12)15(20)19-10-16(2,3)21-17(4,5)11-19/h7-9,18H,10-11H2,1-6H3. The van der Waals surface area contributed by atoms with Crippen LogP contribution in [0.1, 0.15) is 43.6 Å². The predicted octanol–water partition coefficient (Wildman–Crippen LogP) is 3.07. The lowest BCUT2D eigenvalue weighted by Gasteiger charge is -2.47. The Morgan fingerprint density at radius 3 is 2.29 bits per heavy atom. The van der Waals surface area contributed by atoms with Gasteiger partial charge >= 0.3 is 0 Å². The number of carbonyl (C=O) groups excluding carboxylic acids is 1. The maximum absolute atomic E-state index is 12.9. The van der Waals surface area contributed by atoms with Crippen molar-refractivity contribution >= 4 is 11.6 Å². The molecule has 0 aromatic heterocycles. The quantitative estimate of drug-likeness (QED) is 0.910. The Labute approximate surface area is 127 Å². The number of nitrogens with zero attached hydrogens (tertiary/aromatic N) is 1. The van der Waals surface area contributed by atoms with E-state index in [2.05, 4.69) is 5.32 Å². The molecule has 0 radical (unpaired) electrons. The molecule has 1 aliphatic heterocycles. The molecule has 0 bridgehead atoms. The minimum atomic E-state index is -0.332. The molecule has 21 heavy (non-hydrogen) atoms. The number of aryl methyl sites for hydroxylation is 1. The highest BCUT2D eigenvalue weighted by molar-refractivity contribution is 6.00. The zero-order valence-electron chi connectivity index (χ0n) is 13.9. The van der Waals surface area contributed by atoms with Crippen LogP contribution in [0.4, 0.5) is 5.69 Å². The van der Waals surface area contributed by atoms with Gasteiger partial charge in [-0.2, -0.15) is 0 Å². The van der Waals surface area contributed by atoms with E-state index < -0.39 is 0 Å². The zero-order valence-corrected chi connectivity index (χ0v) is 13.9. The summed E-state index contributed by atoms with van der Waals surface area (Å²) in [5, 5.41) is 3.11.